The summed E-state index contributed by atoms with van der Waals surface area (Å²) in [6, 6.07) is -0.112. The monoisotopic (exact) mass is 145 g/mol. The van der Waals surface area contributed by atoms with Crippen LogP contribution < -0.4 is 5.73 Å². The molecular weight excluding hydrogens is 130 g/mol. The minimum Gasteiger partial charge on any atom is -0.389 e. The second-order valence-corrected chi connectivity index (χ2v) is 3.04. The van der Waals surface area contributed by atoms with Crippen molar-refractivity contribution in [3.63, 3.8) is 0 Å². The molecule has 4 atom stereocenters. The summed E-state index contributed by atoms with van der Waals surface area (Å²) in [5.74, 6) is 0. The molecule has 1 saturated heterocycles. The van der Waals surface area contributed by atoms with Gasteiger partial charge in [0.15, 0.2) is 0 Å². The number of rotatable bonds is 0. The fraction of sp³-hybridized carbons (Fsp3) is 1.00. The smallest absolute Gasteiger partial charge is 0.0950 e. The lowest BCUT2D eigenvalue weighted by Crippen LogP contribution is -2.50. The second-order valence-electron chi connectivity index (χ2n) is 3.04. The fourth-order valence-corrected chi connectivity index (χ4v) is 1.37. The Balaban J connectivity index is 2.49. The second kappa shape index (κ2) is 2.86. The summed E-state index contributed by atoms with van der Waals surface area (Å²) >= 11 is 0. The SMILES string of the molecule is CC1CC(N)C(O)C(C)O1. The predicted octanol–water partition coefficient (Wildman–Crippen LogP) is -0.128. The molecule has 0 aromatic carbocycles. The van der Waals surface area contributed by atoms with Gasteiger partial charge in [-0.2, -0.15) is 0 Å². The van der Waals surface area contributed by atoms with Crippen LogP contribution in [0.15, 0.2) is 0 Å². The highest BCUT2D eigenvalue weighted by Gasteiger charge is 2.30. The molecular formula is C7H15NO2. The van der Waals surface area contributed by atoms with Crippen LogP contribution in [-0.2, 0) is 4.74 Å². The Kier molecular flexibility index (Phi) is 2.28. The lowest BCUT2D eigenvalue weighted by atomic mass is 9.98. The van der Waals surface area contributed by atoms with Crippen molar-refractivity contribution in [2.45, 2.75) is 44.6 Å². The summed E-state index contributed by atoms with van der Waals surface area (Å²) in [6.07, 6.45) is 0.342. The van der Waals surface area contributed by atoms with Gasteiger partial charge in [-0.15, -0.1) is 0 Å². The third-order valence-electron chi connectivity index (χ3n) is 1.97. The van der Waals surface area contributed by atoms with Gasteiger partial charge < -0.3 is 15.6 Å². The molecule has 0 aliphatic carbocycles. The fourth-order valence-electron chi connectivity index (χ4n) is 1.37. The van der Waals surface area contributed by atoms with E-state index in [0.717, 1.165) is 6.42 Å². The van der Waals surface area contributed by atoms with Crippen molar-refractivity contribution in [1.29, 1.82) is 0 Å². The van der Waals surface area contributed by atoms with E-state index in [-0.39, 0.29) is 18.2 Å². The molecule has 0 amide bonds. The van der Waals surface area contributed by atoms with E-state index >= 15 is 0 Å². The van der Waals surface area contributed by atoms with E-state index < -0.39 is 6.10 Å². The standard InChI is InChI=1S/C7H15NO2/c1-4-3-6(8)7(9)5(2)10-4/h4-7,9H,3,8H2,1-2H3. The van der Waals surface area contributed by atoms with Gasteiger partial charge in [0.25, 0.3) is 0 Å². The van der Waals surface area contributed by atoms with E-state index in [1.165, 1.54) is 0 Å². The average Bonchev–Trinajstić information content (AvgIpc) is 1.82. The van der Waals surface area contributed by atoms with E-state index in [2.05, 4.69) is 0 Å². The lowest BCUT2D eigenvalue weighted by Gasteiger charge is -2.34. The van der Waals surface area contributed by atoms with Crippen molar-refractivity contribution in [2.24, 2.45) is 5.73 Å². The molecule has 0 aromatic rings. The van der Waals surface area contributed by atoms with Crippen LogP contribution in [0, 0.1) is 0 Å². The number of aliphatic hydroxyl groups excluding tert-OH is 1. The maximum Gasteiger partial charge on any atom is 0.0950 e. The molecule has 1 aliphatic heterocycles. The van der Waals surface area contributed by atoms with Crippen LogP contribution in [0.2, 0.25) is 0 Å². The molecule has 1 heterocycles. The Morgan fingerprint density at radius 3 is 2.60 bits per heavy atom. The third-order valence-corrected chi connectivity index (χ3v) is 1.97. The van der Waals surface area contributed by atoms with Crippen LogP contribution in [0.4, 0.5) is 0 Å². The van der Waals surface area contributed by atoms with Crippen molar-refractivity contribution in [1.82, 2.24) is 0 Å². The molecule has 10 heavy (non-hydrogen) atoms. The summed E-state index contributed by atoms with van der Waals surface area (Å²) in [6.45, 7) is 3.82. The number of hydrogen-bond acceptors (Lipinski definition) is 3. The van der Waals surface area contributed by atoms with E-state index in [4.69, 9.17) is 10.5 Å². The highest BCUT2D eigenvalue weighted by atomic mass is 16.5. The van der Waals surface area contributed by atoms with E-state index in [9.17, 15) is 5.11 Å². The predicted molar refractivity (Wildman–Crippen MR) is 38.6 cm³/mol. The largest absolute Gasteiger partial charge is 0.389 e. The highest BCUT2D eigenvalue weighted by molar-refractivity contribution is 4.84. The molecule has 3 heteroatoms. The summed E-state index contributed by atoms with van der Waals surface area (Å²) < 4.78 is 5.34. The van der Waals surface area contributed by atoms with Gasteiger partial charge in [0.05, 0.1) is 18.3 Å². The van der Waals surface area contributed by atoms with Crippen LogP contribution >= 0.6 is 0 Å². The Morgan fingerprint density at radius 1 is 1.50 bits per heavy atom. The summed E-state index contributed by atoms with van der Waals surface area (Å²) in [4.78, 5) is 0. The zero-order valence-corrected chi connectivity index (χ0v) is 6.45. The Bertz CT molecular complexity index is 106. The highest BCUT2D eigenvalue weighted by Crippen LogP contribution is 2.17. The van der Waals surface area contributed by atoms with Crippen molar-refractivity contribution < 1.29 is 9.84 Å². The molecule has 0 spiro atoms. The Morgan fingerprint density at radius 2 is 2.10 bits per heavy atom. The molecule has 0 saturated carbocycles. The van der Waals surface area contributed by atoms with Crippen molar-refractivity contribution >= 4 is 0 Å². The van der Waals surface area contributed by atoms with Crippen LogP contribution in [0.5, 0.6) is 0 Å². The van der Waals surface area contributed by atoms with Crippen LogP contribution in [-0.4, -0.2) is 29.5 Å². The van der Waals surface area contributed by atoms with Crippen molar-refractivity contribution in [3.05, 3.63) is 0 Å². The van der Waals surface area contributed by atoms with Gasteiger partial charge in [-0.25, -0.2) is 0 Å². The molecule has 4 unspecified atom stereocenters. The minimum absolute atomic E-state index is 0.112. The topological polar surface area (TPSA) is 55.5 Å². The van der Waals surface area contributed by atoms with Crippen LogP contribution in [0.3, 0.4) is 0 Å². The quantitative estimate of drug-likeness (QED) is 0.499. The summed E-state index contributed by atoms with van der Waals surface area (Å²) in [5.41, 5.74) is 5.63. The van der Waals surface area contributed by atoms with Gasteiger partial charge in [-0.3, -0.25) is 0 Å². The zero-order valence-electron chi connectivity index (χ0n) is 6.45. The maximum atomic E-state index is 9.31. The zero-order chi connectivity index (χ0) is 7.72. The normalized spacial score (nSPS) is 49.2. The summed E-state index contributed by atoms with van der Waals surface area (Å²) in [7, 11) is 0. The van der Waals surface area contributed by atoms with Gasteiger partial charge in [-0.1, -0.05) is 0 Å². The van der Waals surface area contributed by atoms with E-state index in [1.807, 2.05) is 13.8 Å². The minimum atomic E-state index is -0.490. The summed E-state index contributed by atoms with van der Waals surface area (Å²) in [5, 5.41) is 9.31. The lowest BCUT2D eigenvalue weighted by molar-refractivity contribution is -0.110. The maximum absolute atomic E-state index is 9.31. The van der Waals surface area contributed by atoms with Crippen LogP contribution in [0.25, 0.3) is 0 Å². The van der Waals surface area contributed by atoms with E-state index in [1.54, 1.807) is 0 Å². The average molecular weight is 145 g/mol. The molecule has 0 bridgehead atoms. The van der Waals surface area contributed by atoms with Crippen LogP contribution in [0.1, 0.15) is 20.3 Å². The molecule has 3 N–H and O–H groups in total. The first-order chi connectivity index (χ1) is 4.61. The first-order valence-corrected chi connectivity index (χ1v) is 3.70. The molecule has 3 nitrogen and oxygen atoms in total. The van der Waals surface area contributed by atoms with Gasteiger partial charge in [0, 0.05) is 6.04 Å². The Hall–Kier alpha value is -0.120. The molecule has 60 valence electrons. The molecule has 0 aromatic heterocycles. The molecule has 1 rings (SSSR count). The van der Waals surface area contributed by atoms with Crippen molar-refractivity contribution in [2.75, 3.05) is 0 Å². The Labute approximate surface area is 61.2 Å². The number of aliphatic hydroxyl groups is 1. The van der Waals surface area contributed by atoms with Gasteiger partial charge in [0.2, 0.25) is 0 Å². The third kappa shape index (κ3) is 1.48. The number of nitrogens with two attached hydrogens (primary N) is 1. The van der Waals surface area contributed by atoms with Crippen molar-refractivity contribution in [3.8, 4) is 0 Å². The number of ether oxygens (including phenoxy) is 1. The number of hydrogen-bond donors (Lipinski definition) is 2. The molecule has 1 fully saturated rings. The molecule has 1 aliphatic rings. The molecule has 0 radical (unpaired) electrons. The first kappa shape index (κ1) is 7.98. The van der Waals surface area contributed by atoms with Gasteiger partial charge in [-0.05, 0) is 20.3 Å². The van der Waals surface area contributed by atoms with Gasteiger partial charge >= 0.3 is 0 Å². The van der Waals surface area contributed by atoms with Gasteiger partial charge in [0.1, 0.15) is 0 Å². The van der Waals surface area contributed by atoms with E-state index in [0.29, 0.717) is 0 Å². The first-order valence-electron chi connectivity index (χ1n) is 3.70.